The predicted molar refractivity (Wildman–Crippen MR) is 107 cm³/mol. The van der Waals surface area contributed by atoms with Crippen molar-refractivity contribution < 1.29 is 21.9 Å². The van der Waals surface area contributed by atoms with Crippen LogP contribution in [-0.2, 0) is 14.8 Å². The molecule has 0 unspecified atom stereocenters. The molecule has 0 radical (unpaired) electrons. The zero-order valence-corrected chi connectivity index (χ0v) is 18.1. The van der Waals surface area contributed by atoms with E-state index in [1.165, 1.54) is 10.4 Å². The monoisotopic (exact) mass is 441 g/mol. The third kappa shape index (κ3) is 3.57. The minimum absolute atomic E-state index is 0.00914. The van der Waals surface area contributed by atoms with Gasteiger partial charge in [0.05, 0.1) is 11.8 Å². The number of hydrogen-bond acceptors (Lipinski definition) is 5. The molecule has 1 aromatic heterocycles. The summed E-state index contributed by atoms with van der Waals surface area (Å²) in [5, 5.41) is 0. The van der Waals surface area contributed by atoms with Crippen LogP contribution in [0.15, 0.2) is 17.0 Å². The van der Waals surface area contributed by atoms with Crippen molar-refractivity contribution in [1.29, 1.82) is 0 Å². The lowest BCUT2D eigenvalue weighted by atomic mass is 9.72. The number of rotatable bonds is 6. The summed E-state index contributed by atoms with van der Waals surface area (Å²) in [5.74, 6) is -0.00914. The molecular formula is C21H29F2N3O3S. The van der Waals surface area contributed by atoms with Gasteiger partial charge in [-0.3, -0.25) is 9.88 Å². The second-order valence-corrected chi connectivity index (χ2v) is 11.4. The second-order valence-electron chi connectivity index (χ2n) is 9.54. The Morgan fingerprint density at radius 2 is 1.73 bits per heavy atom. The van der Waals surface area contributed by atoms with Crippen molar-refractivity contribution in [1.82, 2.24) is 14.2 Å². The summed E-state index contributed by atoms with van der Waals surface area (Å²) in [6.07, 6.45) is 3.79. The first kappa shape index (κ1) is 20.7. The van der Waals surface area contributed by atoms with Gasteiger partial charge in [-0.2, -0.15) is 4.31 Å². The predicted octanol–water partition coefficient (Wildman–Crippen LogP) is 3.16. The van der Waals surface area contributed by atoms with Gasteiger partial charge in [-0.1, -0.05) is 0 Å². The van der Waals surface area contributed by atoms with Crippen molar-refractivity contribution in [3.8, 4) is 0 Å². The zero-order valence-electron chi connectivity index (χ0n) is 17.3. The van der Waals surface area contributed by atoms with E-state index in [1.807, 2.05) is 0 Å². The van der Waals surface area contributed by atoms with E-state index in [9.17, 15) is 17.2 Å². The number of hydrogen-bond donors (Lipinski definition) is 0. The molecule has 5 rings (SSSR count). The Labute approximate surface area is 176 Å². The molecule has 0 atom stereocenters. The molecule has 2 saturated heterocycles. The fourth-order valence-corrected chi connectivity index (χ4v) is 7.28. The average molecular weight is 442 g/mol. The zero-order chi connectivity index (χ0) is 21.1. The smallest absolute Gasteiger partial charge is 0.280 e. The molecule has 9 heteroatoms. The first-order valence-electron chi connectivity index (χ1n) is 10.9. The van der Waals surface area contributed by atoms with E-state index in [0.717, 1.165) is 57.7 Å². The SMILES string of the molecule is COC1CCC(N2CC3(C2)CN(S(=O)(=O)c2ccc(C(F)F)nc2C2CC2)C3)CC1. The Hall–Kier alpha value is -1.16. The fraction of sp³-hybridized carbons (Fsp3) is 0.762. The number of aromatic nitrogens is 1. The van der Waals surface area contributed by atoms with Gasteiger partial charge in [-0.25, -0.2) is 17.2 Å². The highest BCUT2D eigenvalue weighted by Gasteiger charge is 2.56. The van der Waals surface area contributed by atoms with Gasteiger partial charge in [-0.05, 0) is 50.7 Å². The van der Waals surface area contributed by atoms with Gasteiger partial charge in [-0.15, -0.1) is 0 Å². The molecule has 0 aromatic carbocycles. The van der Waals surface area contributed by atoms with Crippen molar-refractivity contribution >= 4 is 10.0 Å². The molecular weight excluding hydrogens is 412 g/mol. The van der Waals surface area contributed by atoms with Crippen LogP contribution in [0.4, 0.5) is 8.78 Å². The maximum atomic E-state index is 13.2. The summed E-state index contributed by atoms with van der Waals surface area (Å²) in [4.78, 5) is 6.64. The molecule has 30 heavy (non-hydrogen) atoms. The number of likely N-dealkylation sites (tertiary alicyclic amines) is 1. The van der Waals surface area contributed by atoms with Gasteiger partial charge >= 0.3 is 0 Å². The lowest BCUT2D eigenvalue weighted by Gasteiger charge is -2.61. The molecule has 4 aliphatic rings. The molecule has 166 valence electrons. The third-order valence-electron chi connectivity index (χ3n) is 7.31. The minimum Gasteiger partial charge on any atom is -0.381 e. The molecule has 1 spiro atoms. The topological polar surface area (TPSA) is 62.7 Å². The Morgan fingerprint density at radius 1 is 1.07 bits per heavy atom. The highest BCUT2D eigenvalue weighted by molar-refractivity contribution is 7.89. The van der Waals surface area contributed by atoms with Gasteiger partial charge in [0.2, 0.25) is 10.0 Å². The van der Waals surface area contributed by atoms with Crippen LogP contribution in [0.5, 0.6) is 0 Å². The van der Waals surface area contributed by atoms with Crippen LogP contribution in [0.2, 0.25) is 0 Å². The molecule has 0 N–H and O–H groups in total. The van der Waals surface area contributed by atoms with Gasteiger partial charge in [0.25, 0.3) is 6.43 Å². The Balaban J connectivity index is 1.23. The van der Waals surface area contributed by atoms with E-state index in [0.29, 0.717) is 30.9 Å². The first-order valence-corrected chi connectivity index (χ1v) is 12.3. The molecule has 6 nitrogen and oxygen atoms in total. The lowest BCUT2D eigenvalue weighted by molar-refractivity contribution is -0.111. The Morgan fingerprint density at radius 3 is 2.30 bits per heavy atom. The summed E-state index contributed by atoms with van der Waals surface area (Å²) in [6, 6.07) is 3.07. The quantitative estimate of drug-likeness (QED) is 0.679. The van der Waals surface area contributed by atoms with Crippen LogP contribution in [-0.4, -0.2) is 68.0 Å². The van der Waals surface area contributed by atoms with Crippen LogP contribution in [0.3, 0.4) is 0 Å². The largest absolute Gasteiger partial charge is 0.381 e. The molecule has 1 aromatic rings. The third-order valence-corrected chi connectivity index (χ3v) is 9.15. The molecule has 0 bridgehead atoms. The Kier molecular flexibility index (Phi) is 5.16. The fourth-order valence-electron chi connectivity index (χ4n) is 5.40. The van der Waals surface area contributed by atoms with Crippen molar-refractivity contribution in [2.75, 3.05) is 33.3 Å². The molecule has 0 amide bonds. The number of pyridine rings is 1. The van der Waals surface area contributed by atoms with Gasteiger partial charge in [0.1, 0.15) is 10.6 Å². The van der Waals surface area contributed by atoms with E-state index in [4.69, 9.17) is 4.74 Å². The summed E-state index contributed by atoms with van der Waals surface area (Å²) in [7, 11) is -1.91. The number of sulfonamides is 1. The van der Waals surface area contributed by atoms with Crippen molar-refractivity contribution in [2.45, 2.75) is 67.9 Å². The molecule has 2 aliphatic heterocycles. The molecule has 2 aliphatic carbocycles. The van der Waals surface area contributed by atoms with E-state index in [1.54, 1.807) is 7.11 Å². The van der Waals surface area contributed by atoms with Crippen LogP contribution in [0, 0.1) is 5.41 Å². The maximum Gasteiger partial charge on any atom is 0.280 e. The van der Waals surface area contributed by atoms with E-state index >= 15 is 0 Å². The summed E-state index contributed by atoms with van der Waals surface area (Å²) >= 11 is 0. The lowest BCUT2D eigenvalue weighted by Crippen LogP contribution is -2.74. The van der Waals surface area contributed by atoms with Crippen molar-refractivity contribution in [3.63, 3.8) is 0 Å². The average Bonchev–Trinajstić information content (AvgIpc) is 3.51. The normalized spacial score (nSPS) is 29.7. The molecule has 2 saturated carbocycles. The molecule has 3 heterocycles. The minimum atomic E-state index is -3.69. The summed E-state index contributed by atoms with van der Waals surface area (Å²) in [5.41, 5.74) is 0.0500. The number of nitrogens with zero attached hydrogens (tertiary/aromatic N) is 3. The van der Waals surface area contributed by atoms with E-state index in [-0.39, 0.29) is 21.9 Å². The van der Waals surface area contributed by atoms with Crippen LogP contribution >= 0.6 is 0 Å². The van der Waals surface area contributed by atoms with Crippen molar-refractivity contribution in [2.24, 2.45) is 5.41 Å². The second kappa shape index (κ2) is 7.46. The van der Waals surface area contributed by atoms with Crippen LogP contribution < -0.4 is 0 Å². The highest BCUT2D eigenvalue weighted by Crippen LogP contribution is 2.47. The maximum absolute atomic E-state index is 13.2. The standard InChI is InChI=1S/C21H29F2N3O3S/c1-29-16-6-4-15(5-7-16)25-10-21(11-25)12-26(13-21)30(27,28)18-9-8-17(20(22)23)24-19(18)14-2-3-14/h8-9,14-16,20H,2-7,10-13H2,1H3. The van der Waals surface area contributed by atoms with Gasteiger partial charge in [0.15, 0.2) is 0 Å². The van der Waals surface area contributed by atoms with Gasteiger partial charge < -0.3 is 4.74 Å². The number of methoxy groups -OCH3 is 1. The number of ether oxygens (including phenoxy) is 1. The number of alkyl halides is 2. The first-order chi connectivity index (χ1) is 14.3. The van der Waals surface area contributed by atoms with E-state index < -0.39 is 16.4 Å². The van der Waals surface area contributed by atoms with Crippen LogP contribution in [0.25, 0.3) is 0 Å². The van der Waals surface area contributed by atoms with E-state index in [2.05, 4.69) is 9.88 Å². The summed E-state index contributed by atoms with van der Waals surface area (Å²) in [6.45, 7) is 2.92. The van der Waals surface area contributed by atoms with Gasteiger partial charge in [0, 0.05) is 50.7 Å². The molecule has 4 fully saturated rings. The van der Waals surface area contributed by atoms with Crippen molar-refractivity contribution in [3.05, 3.63) is 23.5 Å². The highest BCUT2D eigenvalue weighted by atomic mass is 32.2. The summed E-state index contributed by atoms with van der Waals surface area (Å²) < 4.78 is 59.5. The Bertz CT molecular complexity index is 900. The van der Waals surface area contributed by atoms with Crippen LogP contribution in [0.1, 0.15) is 62.3 Å². The number of halogens is 2.